The number of ether oxygens (including phenoxy) is 2. The lowest BCUT2D eigenvalue weighted by Gasteiger charge is -2.37. The molecular weight excluding hydrogens is 392 g/mol. The number of likely N-dealkylation sites (tertiary alicyclic amines) is 2. The van der Waals surface area contributed by atoms with Crippen molar-refractivity contribution in [1.82, 2.24) is 9.80 Å². The molecule has 6 nitrogen and oxygen atoms in total. The predicted octanol–water partition coefficient (Wildman–Crippen LogP) is 4.79. The molecule has 1 saturated carbocycles. The number of rotatable bonds is 7. The van der Waals surface area contributed by atoms with Gasteiger partial charge in [-0.25, -0.2) is 4.79 Å². The summed E-state index contributed by atoms with van der Waals surface area (Å²) in [6.45, 7) is 11.7. The fourth-order valence-electron chi connectivity index (χ4n) is 5.54. The Hall–Kier alpha value is -1.11. The number of amides is 1. The van der Waals surface area contributed by atoms with Crippen LogP contribution in [0, 0.1) is 11.8 Å². The minimum atomic E-state index is -0.762. The Morgan fingerprint density at radius 1 is 1.16 bits per heavy atom. The van der Waals surface area contributed by atoms with E-state index in [9.17, 15) is 4.79 Å². The normalized spacial score (nSPS) is 33.3. The standard InChI is InChI=1S/C15H26O2.C10H18N2O2/c1-11(2)9-10-14-15(3,17-14)12-7-5-6-8-13(12)16-4;13-10(14)12-7-9(8-12)3-6-11-4-1-2-5-11/h9,12-14H,5-8,10H2,1-4H3;9H,1-8H2,(H,13,14). The van der Waals surface area contributed by atoms with Crippen LogP contribution in [0.3, 0.4) is 0 Å². The summed E-state index contributed by atoms with van der Waals surface area (Å²) in [6, 6.07) is 0. The molecular formula is C25H44N2O4. The van der Waals surface area contributed by atoms with Crippen LogP contribution in [-0.2, 0) is 9.47 Å². The minimum Gasteiger partial charge on any atom is -0.465 e. The smallest absolute Gasteiger partial charge is 0.407 e. The highest BCUT2D eigenvalue weighted by Crippen LogP contribution is 2.50. The van der Waals surface area contributed by atoms with Gasteiger partial charge in [0, 0.05) is 26.1 Å². The van der Waals surface area contributed by atoms with Crippen molar-refractivity contribution in [2.24, 2.45) is 11.8 Å². The van der Waals surface area contributed by atoms with E-state index in [1.165, 1.54) is 68.5 Å². The van der Waals surface area contributed by atoms with E-state index in [-0.39, 0.29) is 5.60 Å². The molecule has 0 aromatic heterocycles. The van der Waals surface area contributed by atoms with E-state index in [1.807, 2.05) is 7.11 Å². The van der Waals surface area contributed by atoms with Crippen LogP contribution in [-0.4, -0.2) is 78.6 Å². The topological polar surface area (TPSA) is 65.5 Å². The first-order chi connectivity index (χ1) is 14.8. The van der Waals surface area contributed by atoms with Crippen molar-refractivity contribution < 1.29 is 19.4 Å². The first-order valence-electron chi connectivity index (χ1n) is 12.4. The molecule has 0 bridgehead atoms. The monoisotopic (exact) mass is 436 g/mol. The van der Waals surface area contributed by atoms with Gasteiger partial charge in [0.15, 0.2) is 0 Å². The molecule has 4 rings (SSSR count). The number of hydrogen-bond donors (Lipinski definition) is 1. The second-order valence-corrected chi connectivity index (χ2v) is 10.4. The van der Waals surface area contributed by atoms with Crippen molar-refractivity contribution in [2.45, 2.75) is 89.9 Å². The average Bonchev–Trinajstić information content (AvgIpc) is 3.10. The van der Waals surface area contributed by atoms with E-state index in [1.54, 1.807) is 0 Å². The second-order valence-electron chi connectivity index (χ2n) is 10.4. The Balaban J connectivity index is 0.000000179. The van der Waals surface area contributed by atoms with E-state index in [2.05, 4.69) is 31.7 Å². The zero-order valence-electron chi connectivity index (χ0n) is 20.1. The van der Waals surface area contributed by atoms with Crippen molar-refractivity contribution in [3.05, 3.63) is 11.6 Å². The van der Waals surface area contributed by atoms with E-state index in [0.717, 1.165) is 26.1 Å². The van der Waals surface area contributed by atoms with Gasteiger partial charge in [-0.15, -0.1) is 0 Å². The molecule has 178 valence electrons. The van der Waals surface area contributed by atoms with Gasteiger partial charge in [0.1, 0.15) is 0 Å². The summed E-state index contributed by atoms with van der Waals surface area (Å²) in [6.07, 6.45) is 12.4. The zero-order valence-corrected chi connectivity index (χ0v) is 20.1. The summed E-state index contributed by atoms with van der Waals surface area (Å²) >= 11 is 0. The fraction of sp³-hybridized carbons (Fsp3) is 0.880. The van der Waals surface area contributed by atoms with Crippen LogP contribution in [0.4, 0.5) is 4.79 Å². The third kappa shape index (κ3) is 6.69. The lowest BCUT2D eigenvalue weighted by molar-refractivity contribution is -0.00777. The summed E-state index contributed by atoms with van der Waals surface area (Å²) < 4.78 is 11.7. The molecule has 3 heterocycles. The van der Waals surface area contributed by atoms with Crippen LogP contribution in [0.2, 0.25) is 0 Å². The molecule has 31 heavy (non-hydrogen) atoms. The quantitative estimate of drug-likeness (QED) is 0.459. The molecule has 1 aliphatic carbocycles. The Morgan fingerprint density at radius 3 is 2.45 bits per heavy atom. The molecule has 0 spiro atoms. The maximum atomic E-state index is 10.5. The number of methoxy groups -OCH3 is 1. The minimum absolute atomic E-state index is 0.0764. The molecule has 0 aromatic carbocycles. The highest BCUT2D eigenvalue weighted by Gasteiger charge is 2.58. The van der Waals surface area contributed by atoms with Gasteiger partial charge in [-0.2, -0.15) is 0 Å². The molecule has 6 heteroatoms. The second kappa shape index (κ2) is 11.2. The van der Waals surface area contributed by atoms with Crippen LogP contribution >= 0.6 is 0 Å². The Kier molecular flexibility index (Phi) is 8.82. The van der Waals surface area contributed by atoms with Crippen LogP contribution in [0.25, 0.3) is 0 Å². The Bertz CT molecular complexity index is 609. The number of carboxylic acid groups (broad SMARTS) is 1. The van der Waals surface area contributed by atoms with Gasteiger partial charge >= 0.3 is 6.09 Å². The maximum Gasteiger partial charge on any atom is 0.407 e. The summed E-state index contributed by atoms with van der Waals surface area (Å²) in [5.74, 6) is 1.21. The number of nitrogens with zero attached hydrogens (tertiary/aromatic N) is 2. The van der Waals surface area contributed by atoms with E-state index >= 15 is 0 Å². The lowest BCUT2D eigenvalue weighted by atomic mass is 9.76. The van der Waals surface area contributed by atoms with Gasteiger partial charge in [-0.3, -0.25) is 0 Å². The number of carbonyl (C=O) groups is 1. The van der Waals surface area contributed by atoms with Gasteiger partial charge in [0.25, 0.3) is 0 Å². The molecule has 1 amide bonds. The van der Waals surface area contributed by atoms with Crippen LogP contribution in [0.5, 0.6) is 0 Å². The molecule has 0 aromatic rings. The molecule has 4 atom stereocenters. The molecule has 4 unspecified atom stereocenters. The third-order valence-corrected chi connectivity index (χ3v) is 7.74. The molecule has 1 N–H and O–H groups in total. The van der Waals surface area contributed by atoms with E-state index < -0.39 is 6.09 Å². The van der Waals surface area contributed by atoms with Crippen molar-refractivity contribution in [2.75, 3.05) is 39.8 Å². The summed E-state index contributed by atoms with van der Waals surface area (Å²) in [5.41, 5.74) is 1.46. The summed E-state index contributed by atoms with van der Waals surface area (Å²) in [7, 11) is 1.85. The number of allylic oxidation sites excluding steroid dienone is 1. The van der Waals surface area contributed by atoms with Crippen LogP contribution in [0.1, 0.15) is 72.1 Å². The highest BCUT2D eigenvalue weighted by atomic mass is 16.6. The van der Waals surface area contributed by atoms with Crippen molar-refractivity contribution >= 4 is 6.09 Å². The maximum absolute atomic E-state index is 10.5. The lowest BCUT2D eigenvalue weighted by Crippen LogP contribution is -2.50. The van der Waals surface area contributed by atoms with Gasteiger partial charge in [-0.1, -0.05) is 24.5 Å². The van der Waals surface area contributed by atoms with Gasteiger partial charge in [-0.05, 0) is 84.8 Å². The largest absolute Gasteiger partial charge is 0.465 e. The van der Waals surface area contributed by atoms with Gasteiger partial charge in [0.2, 0.25) is 0 Å². The van der Waals surface area contributed by atoms with Crippen molar-refractivity contribution in [1.29, 1.82) is 0 Å². The highest BCUT2D eigenvalue weighted by molar-refractivity contribution is 5.65. The zero-order chi connectivity index (χ0) is 22.4. The Morgan fingerprint density at radius 2 is 1.84 bits per heavy atom. The molecule has 4 fully saturated rings. The summed E-state index contributed by atoms with van der Waals surface area (Å²) in [5, 5.41) is 8.65. The fourth-order valence-corrected chi connectivity index (χ4v) is 5.54. The number of epoxide rings is 1. The summed E-state index contributed by atoms with van der Waals surface area (Å²) in [4.78, 5) is 14.5. The van der Waals surface area contributed by atoms with E-state index in [0.29, 0.717) is 24.0 Å². The van der Waals surface area contributed by atoms with E-state index in [4.69, 9.17) is 14.6 Å². The SMILES string of the molecule is COC1CCCCC1C1(C)OC1CC=C(C)C.O=C(O)N1CC(CCN2CCCC2)C1. The van der Waals surface area contributed by atoms with Crippen LogP contribution in [0.15, 0.2) is 11.6 Å². The van der Waals surface area contributed by atoms with Gasteiger partial charge in [0.05, 0.1) is 17.8 Å². The first kappa shape index (κ1) is 24.5. The molecule has 3 aliphatic heterocycles. The van der Waals surface area contributed by atoms with Crippen molar-refractivity contribution in [3.63, 3.8) is 0 Å². The predicted molar refractivity (Wildman–Crippen MR) is 123 cm³/mol. The number of hydrogen-bond acceptors (Lipinski definition) is 4. The third-order valence-electron chi connectivity index (χ3n) is 7.74. The first-order valence-corrected chi connectivity index (χ1v) is 12.4. The molecule has 3 saturated heterocycles. The van der Waals surface area contributed by atoms with Crippen molar-refractivity contribution in [3.8, 4) is 0 Å². The Labute approximate surface area is 188 Å². The molecule has 4 aliphatic rings. The van der Waals surface area contributed by atoms with Gasteiger partial charge < -0.3 is 24.4 Å². The van der Waals surface area contributed by atoms with Crippen LogP contribution < -0.4 is 0 Å². The molecule has 0 radical (unpaired) electrons. The average molecular weight is 437 g/mol.